The van der Waals surface area contributed by atoms with E-state index in [2.05, 4.69) is 0 Å². The molecule has 2 atom stereocenters. The number of benzene rings is 1. The normalized spacial score (nSPS) is 23.1. The van der Waals surface area contributed by atoms with E-state index in [0.717, 1.165) is 4.90 Å². The first kappa shape index (κ1) is 12.3. The van der Waals surface area contributed by atoms with Gasteiger partial charge in [-0.25, -0.2) is 14.0 Å². The first-order chi connectivity index (χ1) is 8.50. The molecule has 1 unspecified atom stereocenters. The number of likely N-dealkylation sites (tertiary alicyclic amines) is 1. The zero-order valence-electron chi connectivity index (χ0n) is 9.41. The van der Waals surface area contributed by atoms with E-state index in [4.69, 9.17) is 10.2 Å². The average molecular weight is 253 g/mol. The molecular weight excluding hydrogens is 241 g/mol. The van der Waals surface area contributed by atoms with Gasteiger partial charge in [-0.15, -0.1) is 0 Å². The molecule has 5 nitrogen and oxygen atoms in total. The van der Waals surface area contributed by atoms with Gasteiger partial charge in [0.1, 0.15) is 11.9 Å². The van der Waals surface area contributed by atoms with Crippen molar-refractivity contribution in [1.29, 1.82) is 0 Å². The fourth-order valence-electron chi connectivity index (χ4n) is 2.31. The van der Waals surface area contributed by atoms with Crippen molar-refractivity contribution in [2.45, 2.75) is 18.4 Å². The van der Waals surface area contributed by atoms with E-state index in [1.165, 1.54) is 12.1 Å². The van der Waals surface area contributed by atoms with Crippen LogP contribution in [0.4, 0.5) is 9.18 Å². The van der Waals surface area contributed by atoms with Gasteiger partial charge in [-0.3, -0.25) is 4.90 Å². The number of hydrogen-bond donors (Lipinski definition) is 2. The second kappa shape index (κ2) is 4.64. The monoisotopic (exact) mass is 253 g/mol. The summed E-state index contributed by atoms with van der Waals surface area (Å²) in [6.07, 6.45) is -1.19. The van der Waals surface area contributed by atoms with Crippen LogP contribution in [0.25, 0.3) is 0 Å². The molecule has 1 heterocycles. The van der Waals surface area contributed by atoms with Crippen LogP contribution in [0.5, 0.6) is 0 Å². The lowest BCUT2D eigenvalue weighted by atomic mass is 9.96. The Balaban J connectivity index is 2.26. The molecule has 1 saturated heterocycles. The molecule has 0 radical (unpaired) electrons. The summed E-state index contributed by atoms with van der Waals surface area (Å²) in [5, 5.41) is 17.9. The molecule has 1 aliphatic heterocycles. The molecule has 1 aromatic carbocycles. The number of hydrogen-bond acceptors (Lipinski definition) is 2. The van der Waals surface area contributed by atoms with E-state index in [-0.39, 0.29) is 13.0 Å². The van der Waals surface area contributed by atoms with E-state index in [0.29, 0.717) is 5.56 Å². The Bertz CT molecular complexity index is 469. The number of rotatable bonds is 2. The van der Waals surface area contributed by atoms with Gasteiger partial charge in [0.2, 0.25) is 0 Å². The van der Waals surface area contributed by atoms with Crippen LogP contribution in [0.3, 0.4) is 0 Å². The summed E-state index contributed by atoms with van der Waals surface area (Å²) in [5.74, 6) is -2.04. The number of carboxylic acids is 1. The molecule has 0 spiro atoms. The summed E-state index contributed by atoms with van der Waals surface area (Å²) in [7, 11) is 0. The molecule has 2 N–H and O–H groups in total. The summed E-state index contributed by atoms with van der Waals surface area (Å²) in [4.78, 5) is 22.8. The van der Waals surface area contributed by atoms with Gasteiger partial charge < -0.3 is 10.2 Å². The van der Waals surface area contributed by atoms with Gasteiger partial charge in [-0.05, 0) is 18.1 Å². The summed E-state index contributed by atoms with van der Waals surface area (Å²) in [5.41, 5.74) is 0.368. The molecule has 1 aromatic rings. The topological polar surface area (TPSA) is 77.8 Å². The third kappa shape index (κ3) is 2.13. The van der Waals surface area contributed by atoms with Gasteiger partial charge in [0.15, 0.2) is 0 Å². The third-order valence-corrected chi connectivity index (χ3v) is 3.18. The summed E-state index contributed by atoms with van der Waals surface area (Å²) in [6.45, 7) is 0.00718. The molecule has 96 valence electrons. The predicted octanol–water partition coefficient (Wildman–Crippen LogP) is 1.75. The van der Waals surface area contributed by atoms with Gasteiger partial charge in [-0.1, -0.05) is 18.2 Å². The number of aliphatic carboxylic acids is 1. The highest BCUT2D eigenvalue weighted by Crippen LogP contribution is 2.33. The van der Waals surface area contributed by atoms with Gasteiger partial charge in [0, 0.05) is 12.5 Å². The zero-order chi connectivity index (χ0) is 13.3. The lowest BCUT2D eigenvalue weighted by molar-refractivity contribution is -0.141. The first-order valence-electron chi connectivity index (χ1n) is 5.47. The molecular formula is C12H12FNO4. The Morgan fingerprint density at radius 3 is 2.44 bits per heavy atom. The smallest absolute Gasteiger partial charge is 0.408 e. The molecule has 0 saturated carbocycles. The Morgan fingerprint density at radius 2 is 1.94 bits per heavy atom. The van der Waals surface area contributed by atoms with E-state index >= 15 is 0 Å². The number of carboxylic acid groups (broad SMARTS) is 2. The number of nitrogens with zero attached hydrogens (tertiary/aromatic N) is 1. The SMILES string of the molecule is O=C(O)[C@H]1CC(c2ccccc2F)CN1C(=O)O. The fourth-order valence-corrected chi connectivity index (χ4v) is 2.31. The van der Waals surface area contributed by atoms with Crippen molar-refractivity contribution >= 4 is 12.1 Å². The van der Waals surface area contributed by atoms with E-state index in [1.54, 1.807) is 12.1 Å². The Hall–Kier alpha value is -2.11. The van der Waals surface area contributed by atoms with Crippen molar-refractivity contribution in [2.24, 2.45) is 0 Å². The van der Waals surface area contributed by atoms with Crippen LogP contribution in [0, 0.1) is 5.82 Å². The Kier molecular flexibility index (Phi) is 3.18. The van der Waals surface area contributed by atoms with Gasteiger partial charge in [0.25, 0.3) is 0 Å². The quantitative estimate of drug-likeness (QED) is 0.841. The minimum absolute atomic E-state index is 0.00718. The van der Waals surface area contributed by atoms with Crippen molar-refractivity contribution < 1.29 is 24.2 Å². The summed E-state index contributed by atoms with van der Waals surface area (Å²) in [6, 6.07) is 4.93. The standard InChI is InChI=1S/C12H12FNO4/c13-9-4-2-1-3-8(9)7-5-10(11(15)16)14(6-7)12(17)18/h1-4,7,10H,5-6H2,(H,15,16)(H,17,18)/t7?,10-/m1/s1. The number of halogens is 1. The molecule has 0 aliphatic carbocycles. The van der Waals surface area contributed by atoms with Gasteiger partial charge >= 0.3 is 12.1 Å². The Labute approximate surface area is 102 Å². The highest BCUT2D eigenvalue weighted by atomic mass is 19.1. The maximum absolute atomic E-state index is 13.6. The Morgan fingerprint density at radius 1 is 1.28 bits per heavy atom. The van der Waals surface area contributed by atoms with Crippen LogP contribution >= 0.6 is 0 Å². The molecule has 2 rings (SSSR count). The predicted molar refractivity (Wildman–Crippen MR) is 59.9 cm³/mol. The second-order valence-electron chi connectivity index (χ2n) is 4.24. The van der Waals surface area contributed by atoms with E-state index in [1.807, 2.05) is 0 Å². The molecule has 1 amide bonds. The van der Waals surface area contributed by atoms with Crippen LogP contribution in [-0.2, 0) is 4.79 Å². The lowest BCUT2D eigenvalue weighted by Crippen LogP contribution is -2.39. The van der Waals surface area contributed by atoms with Crippen LogP contribution in [0.2, 0.25) is 0 Å². The maximum atomic E-state index is 13.6. The minimum Gasteiger partial charge on any atom is -0.480 e. The maximum Gasteiger partial charge on any atom is 0.408 e. The summed E-state index contributed by atoms with van der Waals surface area (Å²) >= 11 is 0. The van der Waals surface area contributed by atoms with Crippen LogP contribution in [-0.4, -0.2) is 39.8 Å². The molecule has 0 bridgehead atoms. The second-order valence-corrected chi connectivity index (χ2v) is 4.24. The number of amides is 1. The molecule has 0 aromatic heterocycles. The highest BCUT2D eigenvalue weighted by Gasteiger charge is 2.40. The van der Waals surface area contributed by atoms with Crippen molar-refractivity contribution in [2.75, 3.05) is 6.54 Å². The third-order valence-electron chi connectivity index (χ3n) is 3.18. The van der Waals surface area contributed by atoms with Crippen molar-refractivity contribution in [3.05, 3.63) is 35.6 Å². The van der Waals surface area contributed by atoms with Crippen LogP contribution in [0.15, 0.2) is 24.3 Å². The fraction of sp³-hybridized carbons (Fsp3) is 0.333. The average Bonchev–Trinajstić information content (AvgIpc) is 2.74. The van der Waals surface area contributed by atoms with E-state index in [9.17, 15) is 14.0 Å². The van der Waals surface area contributed by atoms with Gasteiger partial charge in [0.05, 0.1) is 0 Å². The largest absolute Gasteiger partial charge is 0.480 e. The van der Waals surface area contributed by atoms with Gasteiger partial charge in [-0.2, -0.15) is 0 Å². The first-order valence-corrected chi connectivity index (χ1v) is 5.47. The molecule has 6 heteroatoms. The highest BCUT2D eigenvalue weighted by molar-refractivity contribution is 5.80. The molecule has 1 aliphatic rings. The lowest BCUT2D eigenvalue weighted by Gasteiger charge is -2.16. The van der Waals surface area contributed by atoms with Crippen molar-refractivity contribution in [3.63, 3.8) is 0 Å². The number of carbonyl (C=O) groups is 2. The van der Waals surface area contributed by atoms with Crippen LogP contribution in [0.1, 0.15) is 17.9 Å². The van der Waals surface area contributed by atoms with E-state index < -0.39 is 29.8 Å². The molecule has 18 heavy (non-hydrogen) atoms. The summed E-state index contributed by atoms with van der Waals surface area (Å²) < 4.78 is 13.6. The van der Waals surface area contributed by atoms with Crippen molar-refractivity contribution in [1.82, 2.24) is 4.90 Å². The van der Waals surface area contributed by atoms with Crippen molar-refractivity contribution in [3.8, 4) is 0 Å². The van der Waals surface area contributed by atoms with Crippen LogP contribution < -0.4 is 0 Å². The zero-order valence-corrected chi connectivity index (χ0v) is 9.41. The molecule has 1 fully saturated rings. The minimum atomic E-state index is -1.29.